The van der Waals surface area contributed by atoms with Gasteiger partial charge in [0.1, 0.15) is 23.5 Å². The number of carbonyl (C=O) groups excluding carboxylic acids is 2. The molecule has 2 aromatic heterocycles. The molecule has 4 heterocycles. The zero-order valence-corrected chi connectivity index (χ0v) is 20.2. The van der Waals surface area contributed by atoms with E-state index in [-0.39, 0.29) is 45.4 Å². The van der Waals surface area contributed by atoms with Gasteiger partial charge in [-0.15, -0.1) is 0 Å². The third kappa shape index (κ3) is 5.52. The highest BCUT2D eigenvalue weighted by atomic mass is 35.5. The van der Waals surface area contributed by atoms with Gasteiger partial charge >= 0.3 is 6.03 Å². The number of hydrogen-bond donors (Lipinski definition) is 2. The van der Waals surface area contributed by atoms with Crippen molar-refractivity contribution in [1.29, 1.82) is 0 Å². The zero-order valence-electron chi connectivity index (χ0n) is 18.7. The molecule has 2 saturated heterocycles. The number of anilines is 1. The summed E-state index contributed by atoms with van der Waals surface area (Å²) in [5.41, 5.74) is 5.44. The van der Waals surface area contributed by atoms with E-state index in [1.807, 2.05) is 7.05 Å². The first-order valence-electron chi connectivity index (χ1n) is 11.0. The maximum atomic E-state index is 13.5. The minimum atomic E-state index is -1.07. The molecule has 3 amide bonds. The lowest BCUT2D eigenvalue weighted by Crippen LogP contribution is -2.48. The summed E-state index contributed by atoms with van der Waals surface area (Å²) in [7, 11) is 1.99. The van der Waals surface area contributed by atoms with Crippen LogP contribution in [0.5, 0.6) is 11.5 Å². The summed E-state index contributed by atoms with van der Waals surface area (Å²) in [6.07, 6.45) is 2.99. The second kappa shape index (κ2) is 10.7. The van der Waals surface area contributed by atoms with Crippen LogP contribution in [0, 0.1) is 0 Å². The van der Waals surface area contributed by atoms with Crippen molar-refractivity contribution in [3.63, 3.8) is 0 Å². The van der Waals surface area contributed by atoms with Gasteiger partial charge in [0.05, 0.1) is 0 Å². The number of amides is 3. The van der Waals surface area contributed by atoms with Gasteiger partial charge in [-0.3, -0.25) is 9.69 Å². The van der Waals surface area contributed by atoms with Crippen LogP contribution in [0.4, 0.5) is 10.6 Å². The maximum Gasteiger partial charge on any atom is 0.327 e. The zero-order chi connectivity index (χ0) is 24.2. The molecule has 3 N–H and O–H groups in total. The van der Waals surface area contributed by atoms with Gasteiger partial charge in [0.2, 0.25) is 0 Å². The first kappa shape index (κ1) is 24.5. The number of halogens is 2. The minimum absolute atomic E-state index is 0.0590. The molecule has 0 unspecified atom stereocenters. The van der Waals surface area contributed by atoms with Crippen LogP contribution in [-0.4, -0.2) is 72.2 Å². The molecule has 182 valence electrons. The van der Waals surface area contributed by atoms with E-state index in [2.05, 4.69) is 20.2 Å². The number of carbonyl (C=O) groups is 2. The number of nitrogens with zero attached hydrogens (tertiary/aromatic N) is 4. The summed E-state index contributed by atoms with van der Waals surface area (Å²) < 4.78 is 11.8. The van der Waals surface area contributed by atoms with Crippen molar-refractivity contribution in [2.24, 2.45) is 5.73 Å². The van der Waals surface area contributed by atoms with Crippen molar-refractivity contribution in [2.75, 3.05) is 38.3 Å². The van der Waals surface area contributed by atoms with E-state index in [1.165, 1.54) is 24.3 Å². The van der Waals surface area contributed by atoms with Crippen molar-refractivity contribution < 1.29 is 19.1 Å². The van der Waals surface area contributed by atoms with Crippen molar-refractivity contribution in [2.45, 2.75) is 31.3 Å². The lowest BCUT2D eigenvalue weighted by atomic mass is 10.1. The van der Waals surface area contributed by atoms with Crippen LogP contribution in [-0.2, 0) is 0 Å². The lowest BCUT2D eigenvalue weighted by Gasteiger charge is -2.37. The molecule has 0 saturated carbocycles. The fourth-order valence-corrected chi connectivity index (χ4v) is 4.13. The predicted molar refractivity (Wildman–Crippen MR) is 128 cm³/mol. The topological polar surface area (TPSA) is 123 Å². The number of likely N-dealkylation sites (N-methyl/N-ethyl adjacent to an activating group) is 1. The summed E-state index contributed by atoms with van der Waals surface area (Å²) in [6.45, 7) is 2.57. The van der Waals surface area contributed by atoms with Crippen LogP contribution in [0.1, 0.15) is 29.8 Å². The molecule has 2 atom stereocenters. The molecule has 2 aliphatic rings. The Kier molecular flexibility index (Phi) is 7.72. The quantitative estimate of drug-likeness (QED) is 0.521. The first-order valence-corrected chi connectivity index (χ1v) is 11.7. The van der Waals surface area contributed by atoms with Crippen molar-refractivity contribution in [1.82, 2.24) is 20.2 Å². The Morgan fingerprint density at radius 2 is 1.82 bits per heavy atom. The van der Waals surface area contributed by atoms with Crippen LogP contribution < -0.4 is 25.4 Å². The van der Waals surface area contributed by atoms with Crippen molar-refractivity contribution in [3.05, 3.63) is 40.3 Å². The smallest absolute Gasteiger partial charge is 0.327 e. The molecule has 34 heavy (non-hydrogen) atoms. The van der Waals surface area contributed by atoms with E-state index in [9.17, 15) is 9.59 Å². The van der Waals surface area contributed by atoms with E-state index in [1.54, 1.807) is 0 Å². The van der Waals surface area contributed by atoms with Crippen LogP contribution >= 0.6 is 23.2 Å². The third-order valence-corrected chi connectivity index (χ3v) is 6.36. The largest absolute Gasteiger partial charge is 0.489 e. The van der Waals surface area contributed by atoms with E-state index in [0.717, 1.165) is 32.4 Å². The highest BCUT2D eigenvalue weighted by Gasteiger charge is 2.32. The van der Waals surface area contributed by atoms with Crippen LogP contribution in [0.15, 0.2) is 24.3 Å². The van der Waals surface area contributed by atoms with E-state index < -0.39 is 11.9 Å². The number of imide groups is 1. The minimum Gasteiger partial charge on any atom is -0.489 e. The van der Waals surface area contributed by atoms with Crippen molar-refractivity contribution in [3.8, 4) is 11.5 Å². The van der Waals surface area contributed by atoms with Crippen LogP contribution in [0.2, 0.25) is 10.3 Å². The van der Waals surface area contributed by atoms with E-state index in [0.29, 0.717) is 18.1 Å². The number of urea groups is 1. The average Bonchev–Trinajstić information content (AvgIpc) is 3.32. The fraction of sp³-hybridized carbons (Fsp3) is 0.455. The maximum absolute atomic E-state index is 13.5. The number of aromatic nitrogens is 2. The number of nitrogens with two attached hydrogens (primary N) is 1. The van der Waals surface area contributed by atoms with Crippen molar-refractivity contribution >= 4 is 41.0 Å². The number of rotatable bonds is 8. The van der Waals surface area contributed by atoms with Gasteiger partial charge in [-0.05, 0) is 63.7 Å². The predicted octanol–water partition coefficient (Wildman–Crippen LogP) is 2.72. The Hall–Kier alpha value is -2.66. The molecular weight excluding hydrogens is 483 g/mol. The molecule has 0 radical (unpaired) electrons. The fourth-order valence-electron chi connectivity index (χ4n) is 3.84. The Morgan fingerprint density at radius 3 is 2.44 bits per heavy atom. The standard InChI is InChI=1S/C22H26Cl2N6O4/c1-29-10-8-14(29)12-34-15-4-6-17(23)27-19(15)21(31)30(22(25)32)20-16(5-7-18(24)28-20)33-11-13-3-2-9-26-13/h4-7,13-14,26H,2-3,8-12H2,1H3,(H2,25,32)/t13-,14-/m1/s1. The van der Waals surface area contributed by atoms with Gasteiger partial charge < -0.3 is 20.5 Å². The lowest BCUT2D eigenvalue weighted by molar-refractivity contribution is 0.0756. The number of likely N-dealkylation sites (tertiary alicyclic amines) is 1. The van der Waals surface area contributed by atoms with Gasteiger partial charge in [0.15, 0.2) is 23.0 Å². The molecule has 12 heteroatoms. The average molecular weight is 509 g/mol. The first-order chi connectivity index (χ1) is 16.3. The Morgan fingerprint density at radius 1 is 1.12 bits per heavy atom. The molecule has 0 aromatic carbocycles. The molecular formula is C22H26Cl2N6O4. The highest BCUT2D eigenvalue weighted by Crippen LogP contribution is 2.31. The molecule has 2 fully saturated rings. The number of primary amides is 1. The highest BCUT2D eigenvalue weighted by molar-refractivity contribution is 6.30. The van der Waals surface area contributed by atoms with E-state index >= 15 is 0 Å². The van der Waals surface area contributed by atoms with Gasteiger partial charge in [-0.25, -0.2) is 19.7 Å². The number of ether oxygens (including phenoxy) is 2. The van der Waals surface area contributed by atoms with Gasteiger partial charge in [-0.1, -0.05) is 23.2 Å². The molecule has 2 aliphatic heterocycles. The monoisotopic (exact) mass is 508 g/mol. The molecule has 2 aromatic rings. The Labute approximate surface area is 207 Å². The summed E-state index contributed by atoms with van der Waals surface area (Å²) in [5, 5.41) is 3.44. The Bertz CT molecular complexity index is 1070. The van der Waals surface area contributed by atoms with Gasteiger partial charge in [-0.2, -0.15) is 0 Å². The van der Waals surface area contributed by atoms with Gasteiger partial charge in [0, 0.05) is 12.1 Å². The third-order valence-electron chi connectivity index (χ3n) is 5.94. The number of nitrogens with one attached hydrogen (secondary N) is 1. The second-order valence-electron chi connectivity index (χ2n) is 8.25. The molecule has 0 aliphatic carbocycles. The number of hydrogen-bond acceptors (Lipinski definition) is 8. The normalized spacial score (nSPS) is 20.0. The SMILES string of the molecule is CN1CC[C@@H]1COc1ccc(Cl)nc1C(=O)N(C(N)=O)c1nc(Cl)ccc1OC[C@H]1CCCN1. The summed E-state index contributed by atoms with van der Waals surface area (Å²) in [6, 6.07) is 5.40. The molecule has 0 spiro atoms. The Balaban J connectivity index is 1.62. The van der Waals surface area contributed by atoms with Gasteiger partial charge in [0.25, 0.3) is 5.91 Å². The molecule has 0 bridgehead atoms. The van der Waals surface area contributed by atoms with Crippen LogP contribution in [0.25, 0.3) is 0 Å². The molecule has 10 nitrogen and oxygen atoms in total. The second-order valence-corrected chi connectivity index (χ2v) is 9.03. The summed E-state index contributed by atoms with van der Waals surface area (Å²) in [4.78, 5) is 37.1. The summed E-state index contributed by atoms with van der Waals surface area (Å²) >= 11 is 12.1. The van der Waals surface area contributed by atoms with E-state index in [4.69, 9.17) is 38.4 Å². The summed E-state index contributed by atoms with van der Waals surface area (Å²) in [5.74, 6) is -0.619. The molecule has 4 rings (SSSR count). The number of pyridine rings is 2. The van der Waals surface area contributed by atoms with Crippen LogP contribution in [0.3, 0.4) is 0 Å².